The predicted octanol–water partition coefficient (Wildman–Crippen LogP) is 3.65. The highest BCUT2D eigenvalue weighted by atomic mass is 19.1. The largest absolute Gasteiger partial charge is 0.366 e. The first-order valence-corrected chi connectivity index (χ1v) is 10.4. The lowest BCUT2D eigenvalue weighted by Crippen LogP contribution is -2.23. The molecule has 0 bridgehead atoms. The highest BCUT2D eigenvalue weighted by molar-refractivity contribution is 6.03. The number of rotatable bonds is 6. The smallest absolute Gasteiger partial charge is 0.228 e. The molecular weight excluding hydrogens is 425 g/mol. The number of pyridine rings is 1. The molecule has 0 saturated heterocycles. The van der Waals surface area contributed by atoms with E-state index in [0.29, 0.717) is 0 Å². The third-order valence-corrected chi connectivity index (χ3v) is 5.49. The van der Waals surface area contributed by atoms with Crippen LogP contribution in [-0.2, 0) is 18.3 Å². The fraction of sp³-hybridized carbons (Fsp3) is 0.348. The van der Waals surface area contributed by atoms with Gasteiger partial charge in [-0.25, -0.2) is 9.37 Å². The summed E-state index contributed by atoms with van der Waals surface area (Å²) in [4.78, 5) is 31.8. The number of benzene rings is 1. The van der Waals surface area contributed by atoms with Crippen molar-refractivity contribution in [2.75, 3.05) is 22.6 Å². The monoisotopic (exact) mass is 454 g/mol. The van der Waals surface area contributed by atoms with E-state index >= 15 is 0 Å². The van der Waals surface area contributed by atoms with E-state index in [0.717, 1.165) is 25.1 Å². The molecule has 0 radical (unpaired) electrons. The number of ketones is 1. The van der Waals surface area contributed by atoms with Crippen LogP contribution in [0.15, 0.2) is 24.4 Å². The standard InChI is InChI=1S/C23H24FN7O2/c1-4-19(32)15-10-25-20(27-23(33)12-5-6-12)9-16(15)26-17-8-13(24)7-14-21-18(28-31(3)29-21)11-30(2)22(14)17/h7-10,12H,4-6,11H2,1-3H3,(H2,25,26,27,33)/i1D3,11D2. The Balaban J connectivity index is 1.62. The molecule has 3 heterocycles. The van der Waals surface area contributed by atoms with E-state index in [1.165, 1.54) is 35.9 Å². The lowest BCUT2D eigenvalue weighted by Gasteiger charge is -2.29. The molecular formula is C23H24FN7O2. The zero-order chi connectivity index (χ0) is 27.6. The Kier molecular flexibility index (Phi) is 3.83. The van der Waals surface area contributed by atoms with Gasteiger partial charge in [0.25, 0.3) is 0 Å². The van der Waals surface area contributed by atoms with E-state index in [-0.39, 0.29) is 57.2 Å². The molecule has 2 N–H and O–H groups in total. The van der Waals surface area contributed by atoms with E-state index in [9.17, 15) is 14.0 Å². The lowest BCUT2D eigenvalue weighted by molar-refractivity contribution is -0.117. The third kappa shape index (κ3) is 3.92. The summed E-state index contributed by atoms with van der Waals surface area (Å²) >= 11 is 0. The number of fused-ring (bicyclic) bond motifs is 3. The molecule has 1 aromatic carbocycles. The normalized spacial score (nSPS) is 18.6. The van der Waals surface area contributed by atoms with Gasteiger partial charge in [-0.15, -0.1) is 0 Å². The van der Waals surface area contributed by atoms with Gasteiger partial charge in [-0.2, -0.15) is 15.0 Å². The van der Waals surface area contributed by atoms with Crippen molar-refractivity contribution < 1.29 is 20.8 Å². The number of nitrogens with one attached hydrogen (secondary N) is 2. The third-order valence-electron chi connectivity index (χ3n) is 5.49. The summed E-state index contributed by atoms with van der Waals surface area (Å²) in [6.45, 7) is -4.64. The topological polar surface area (TPSA) is 105 Å². The number of hydrogen-bond acceptors (Lipinski definition) is 7. The number of anilines is 4. The van der Waals surface area contributed by atoms with E-state index in [4.69, 9.17) is 6.85 Å². The fourth-order valence-corrected chi connectivity index (χ4v) is 3.78. The fourth-order valence-electron chi connectivity index (χ4n) is 3.78. The Bertz CT molecular complexity index is 1470. The Labute approximate surface area is 197 Å². The zero-order valence-corrected chi connectivity index (χ0v) is 17.9. The van der Waals surface area contributed by atoms with Crippen molar-refractivity contribution in [3.8, 4) is 11.3 Å². The Morgan fingerprint density at radius 3 is 2.82 bits per heavy atom. The van der Waals surface area contributed by atoms with Gasteiger partial charge in [0, 0.05) is 48.4 Å². The van der Waals surface area contributed by atoms with Gasteiger partial charge in [-0.05, 0) is 25.0 Å². The summed E-state index contributed by atoms with van der Waals surface area (Å²) in [5.41, 5.74) is 0.806. The molecule has 2 aliphatic rings. The number of halogens is 1. The second kappa shape index (κ2) is 7.95. The van der Waals surface area contributed by atoms with Gasteiger partial charge in [0.1, 0.15) is 23.0 Å². The van der Waals surface area contributed by atoms with Crippen LogP contribution in [0.4, 0.5) is 27.3 Å². The van der Waals surface area contributed by atoms with Crippen molar-refractivity contribution in [2.45, 2.75) is 32.6 Å². The van der Waals surface area contributed by atoms with E-state index < -0.39 is 31.4 Å². The SMILES string of the molecule is [2H]C([2H])([2H])CC(=O)c1cnc(NC(=O)C2CC2)cc1Nc1cc(F)cc2c1N(C)C([2H])([2H])c1nn(C)nc1-2. The van der Waals surface area contributed by atoms with Crippen molar-refractivity contribution in [3.05, 3.63) is 41.5 Å². The Hall–Kier alpha value is -3.82. The lowest BCUT2D eigenvalue weighted by atomic mass is 10.0. The van der Waals surface area contributed by atoms with Crippen LogP contribution in [0.5, 0.6) is 0 Å². The molecule has 3 aromatic rings. The van der Waals surface area contributed by atoms with E-state index in [1.807, 2.05) is 0 Å². The Morgan fingerprint density at radius 1 is 1.24 bits per heavy atom. The molecule has 0 spiro atoms. The summed E-state index contributed by atoms with van der Waals surface area (Å²) in [6, 6.07) is 3.72. The molecule has 1 amide bonds. The highest BCUT2D eigenvalue weighted by Gasteiger charge is 2.30. The minimum atomic E-state index is -2.54. The summed E-state index contributed by atoms with van der Waals surface area (Å²) in [5.74, 6) is -1.61. The number of nitrogens with zero attached hydrogens (tertiary/aromatic N) is 5. The maximum absolute atomic E-state index is 14.9. The minimum absolute atomic E-state index is 0.0223. The van der Waals surface area contributed by atoms with Crippen LogP contribution in [0, 0.1) is 11.7 Å². The van der Waals surface area contributed by atoms with Crippen LogP contribution in [-0.4, -0.2) is 38.7 Å². The predicted molar refractivity (Wildman–Crippen MR) is 122 cm³/mol. The molecule has 33 heavy (non-hydrogen) atoms. The summed E-state index contributed by atoms with van der Waals surface area (Å²) < 4.78 is 54.6. The first-order chi connectivity index (χ1) is 17.7. The number of Topliss-reactive ketones (excluding diaryl/α,β-unsaturated/α-hetero) is 1. The maximum atomic E-state index is 14.9. The molecule has 1 aliphatic heterocycles. The molecule has 170 valence electrons. The first kappa shape index (κ1) is 15.9. The number of carbonyl (C=O) groups excluding carboxylic acids is 2. The number of hydrogen-bond donors (Lipinski definition) is 2. The second-order valence-corrected chi connectivity index (χ2v) is 8.01. The quantitative estimate of drug-likeness (QED) is 0.548. The van der Waals surface area contributed by atoms with Gasteiger partial charge < -0.3 is 15.5 Å². The van der Waals surface area contributed by atoms with Crippen molar-refractivity contribution in [1.29, 1.82) is 0 Å². The van der Waals surface area contributed by atoms with Crippen molar-refractivity contribution >= 4 is 34.6 Å². The molecule has 1 fully saturated rings. The summed E-state index contributed by atoms with van der Waals surface area (Å²) in [6.07, 6.45) is 1.93. The van der Waals surface area contributed by atoms with Crippen LogP contribution >= 0.6 is 0 Å². The van der Waals surface area contributed by atoms with Gasteiger partial charge in [0.15, 0.2) is 5.78 Å². The maximum Gasteiger partial charge on any atom is 0.228 e. The second-order valence-electron chi connectivity index (χ2n) is 8.01. The van der Waals surface area contributed by atoms with Crippen LogP contribution < -0.4 is 15.5 Å². The van der Waals surface area contributed by atoms with Crippen LogP contribution in [0.1, 0.15) is 49.0 Å². The molecule has 0 atom stereocenters. The van der Waals surface area contributed by atoms with Gasteiger partial charge in [-0.1, -0.05) is 6.85 Å². The average Bonchev–Trinajstić information content (AvgIpc) is 3.57. The highest BCUT2D eigenvalue weighted by Crippen LogP contribution is 2.43. The molecule has 9 nitrogen and oxygen atoms in total. The van der Waals surface area contributed by atoms with Crippen molar-refractivity contribution in [2.24, 2.45) is 13.0 Å². The number of aryl methyl sites for hydroxylation is 1. The van der Waals surface area contributed by atoms with E-state index in [2.05, 4.69) is 25.8 Å². The van der Waals surface area contributed by atoms with Crippen LogP contribution in [0.3, 0.4) is 0 Å². The molecule has 10 heteroatoms. The number of aromatic nitrogens is 4. The van der Waals surface area contributed by atoms with Gasteiger partial charge in [0.05, 0.1) is 31.9 Å². The van der Waals surface area contributed by atoms with E-state index in [1.54, 1.807) is 0 Å². The summed E-state index contributed by atoms with van der Waals surface area (Å²) in [5, 5.41) is 14.0. The molecule has 1 saturated carbocycles. The van der Waals surface area contributed by atoms with Gasteiger partial charge in [0.2, 0.25) is 5.91 Å². The van der Waals surface area contributed by atoms with Crippen molar-refractivity contribution in [3.63, 3.8) is 0 Å². The minimum Gasteiger partial charge on any atom is -0.366 e. The van der Waals surface area contributed by atoms with Crippen LogP contribution in [0.25, 0.3) is 11.3 Å². The van der Waals surface area contributed by atoms with Gasteiger partial charge >= 0.3 is 0 Å². The molecule has 1 aliphatic carbocycles. The summed E-state index contributed by atoms with van der Waals surface area (Å²) in [7, 11) is 3.01. The molecule has 2 aromatic heterocycles. The zero-order valence-electron chi connectivity index (χ0n) is 22.9. The molecule has 5 rings (SSSR count). The number of carbonyl (C=O) groups is 2. The van der Waals surface area contributed by atoms with Gasteiger partial charge in [-0.3, -0.25) is 9.59 Å². The van der Waals surface area contributed by atoms with Crippen LogP contribution in [0.2, 0.25) is 0 Å². The number of amides is 1. The first-order valence-electron chi connectivity index (χ1n) is 12.9. The van der Waals surface area contributed by atoms with Crippen molar-refractivity contribution in [1.82, 2.24) is 20.0 Å². The molecule has 0 unspecified atom stereocenters. The average molecular weight is 455 g/mol. The Morgan fingerprint density at radius 2 is 2.06 bits per heavy atom.